The molecule has 88 valence electrons. The molecule has 0 bridgehead atoms. The molecule has 0 aliphatic carbocycles. The van der Waals surface area contributed by atoms with Crippen LogP contribution in [0.15, 0.2) is 60.7 Å². The minimum Gasteiger partial charge on any atom is -0.457 e. The molecular formula is C12H11NO4. The Bertz CT molecular complexity index is 403. The number of hydrogen-bond acceptors (Lipinski definition) is 3. The van der Waals surface area contributed by atoms with Crippen molar-refractivity contribution in [2.24, 2.45) is 0 Å². The lowest BCUT2D eigenvalue weighted by molar-refractivity contribution is -0.742. The van der Waals surface area contributed by atoms with Gasteiger partial charge < -0.3 is 9.94 Å². The van der Waals surface area contributed by atoms with Crippen LogP contribution in [-0.2, 0) is 0 Å². The van der Waals surface area contributed by atoms with Gasteiger partial charge in [0.2, 0.25) is 0 Å². The van der Waals surface area contributed by atoms with E-state index in [1.807, 2.05) is 60.7 Å². The molecule has 0 amide bonds. The normalized spacial score (nSPS) is 8.71. The Morgan fingerprint density at radius 3 is 1.47 bits per heavy atom. The third-order valence-electron chi connectivity index (χ3n) is 1.72. The zero-order valence-electron chi connectivity index (χ0n) is 8.89. The number of hydrogen-bond donors (Lipinski definition) is 1. The summed E-state index contributed by atoms with van der Waals surface area (Å²) >= 11 is 0. The molecule has 0 radical (unpaired) electrons. The second-order valence-corrected chi connectivity index (χ2v) is 2.97. The van der Waals surface area contributed by atoms with E-state index in [2.05, 4.69) is 0 Å². The molecule has 0 spiro atoms. The van der Waals surface area contributed by atoms with Crippen molar-refractivity contribution in [2.75, 3.05) is 0 Å². The smallest absolute Gasteiger partial charge is 0.291 e. The lowest BCUT2D eigenvalue weighted by Crippen LogP contribution is -1.81. The van der Waals surface area contributed by atoms with Crippen molar-refractivity contribution in [1.29, 1.82) is 0 Å². The molecule has 2 aromatic carbocycles. The summed E-state index contributed by atoms with van der Waals surface area (Å²) in [6.07, 6.45) is 0. The van der Waals surface area contributed by atoms with Crippen molar-refractivity contribution in [3.63, 3.8) is 0 Å². The first-order valence-corrected chi connectivity index (χ1v) is 4.79. The summed E-state index contributed by atoms with van der Waals surface area (Å²) in [6.45, 7) is 0. The molecule has 0 aliphatic heterocycles. The van der Waals surface area contributed by atoms with Gasteiger partial charge in [0, 0.05) is 0 Å². The van der Waals surface area contributed by atoms with Crippen LogP contribution in [0.5, 0.6) is 11.5 Å². The molecule has 0 unspecified atom stereocenters. The lowest BCUT2D eigenvalue weighted by Gasteiger charge is -2.03. The zero-order chi connectivity index (χ0) is 12.5. The summed E-state index contributed by atoms with van der Waals surface area (Å²) in [5, 5.41) is 13.6. The number of rotatable bonds is 2. The van der Waals surface area contributed by atoms with Crippen LogP contribution in [0.3, 0.4) is 0 Å². The lowest BCUT2D eigenvalue weighted by atomic mass is 10.3. The van der Waals surface area contributed by atoms with E-state index < -0.39 is 5.09 Å². The van der Waals surface area contributed by atoms with Gasteiger partial charge >= 0.3 is 0 Å². The molecule has 2 rings (SSSR count). The average molecular weight is 233 g/mol. The van der Waals surface area contributed by atoms with Gasteiger partial charge in [0.25, 0.3) is 5.09 Å². The molecule has 0 fully saturated rings. The van der Waals surface area contributed by atoms with Crippen molar-refractivity contribution in [3.05, 3.63) is 70.8 Å². The molecule has 0 aliphatic rings. The van der Waals surface area contributed by atoms with Crippen molar-refractivity contribution in [1.82, 2.24) is 0 Å². The van der Waals surface area contributed by atoms with Crippen LogP contribution in [0, 0.1) is 10.1 Å². The fourth-order valence-electron chi connectivity index (χ4n) is 1.11. The van der Waals surface area contributed by atoms with Gasteiger partial charge in [0.1, 0.15) is 11.5 Å². The second-order valence-electron chi connectivity index (χ2n) is 2.97. The van der Waals surface area contributed by atoms with Gasteiger partial charge in [-0.05, 0) is 24.3 Å². The first kappa shape index (κ1) is 12.5. The van der Waals surface area contributed by atoms with Crippen LogP contribution >= 0.6 is 0 Å². The van der Waals surface area contributed by atoms with Gasteiger partial charge in [-0.1, -0.05) is 36.4 Å². The van der Waals surface area contributed by atoms with E-state index in [1.165, 1.54) is 0 Å². The topological polar surface area (TPSA) is 72.6 Å². The Morgan fingerprint density at radius 1 is 0.882 bits per heavy atom. The summed E-state index contributed by atoms with van der Waals surface area (Å²) in [7, 11) is 0. The molecule has 0 atom stereocenters. The summed E-state index contributed by atoms with van der Waals surface area (Å²) in [6, 6.07) is 19.5. The summed E-state index contributed by atoms with van der Waals surface area (Å²) in [4.78, 5) is 8.36. The van der Waals surface area contributed by atoms with Crippen LogP contribution < -0.4 is 4.74 Å². The molecule has 17 heavy (non-hydrogen) atoms. The van der Waals surface area contributed by atoms with E-state index in [1.54, 1.807) is 0 Å². The maximum absolute atomic E-state index is 8.36. The molecule has 0 saturated heterocycles. The largest absolute Gasteiger partial charge is 0.457 e. The number of para-hydroxylation sites is 2. The fourth-order valence-corrected chi connectivity index (χ4v) is 1.11. The second kappa shape index (κ2) is 6.84. The minimum atomic E-state index is -1.50. The Labute approximate surface area is 98.0 Å². The summed E-state index contributed by atoms with van der Waals surface area (Å²) < 4.78 is 5.58. The average Bonchev–Trinajstić information content (AvgIpc) is 2.31. The van der Waals surface area contributed by atoms with E-state index in [-0.39, 0.29) is 0 Å². The van der Waals surface area contributed by atoms with Gasteiger partial charge in [-0.25, -0.2) is 0 Å². The molecule has 0 heterocycles. The van der Waals surface area contributed by atoms with Gasteiger partial charge in [0.15, 0.2) is 0 Å². The van der Waals surface area contributed by atoms with E-state index in [0.717, 1.165) is 11.5 Å². The van der Waals surface area contributed by atoms with Crippen molar-refractivity contribution < 1.29 is 15.0 Å². The van der Waals surface area contributed by atoms with Gasteiger partial charge in [0.05, 0.1) is 0 Å². The van der Waals surface area contributed by atoms with Crippen molar-refractivity contribution in [2.45, 2.75) is 0 Å². The Hall–Kier alpha value is -2.56. The first-order valence-electron chi connectivity index (χ1n) is 4.79. The molecule has 5 nitrogen and oxygen atoms in total. The summed E-state index contributed by atoms with van der Waals surface area (Å²) in [5.41, 5.74) is 0. The molecule has 0 aromatic heterocycles. The Balaban J connectivity index is 0.000000317. The van der Waals surface area contributed by atoms with Crippen LogP contribution in [0.25, 0.3) is 0 Å². The molecule has 5 heteroatoms. The van der Waals surface area contributed by atoms with Gasteiger partial charge in [-0.2, -0.15) is 0 Å². The predicted octanol–water partition coefficient (Wildman–Crippen LogP) is 3.13. The highest BCUT2D eigenvalue weighted by Crippen LogP contribution is 2.19. The van der Waals surface area contributed by atoms with E-state index in [4.69, 9.17) is 20.1 Å². The van der Waals surface area contributed by atoms with Crippen molar-refractivity contribution in [3.8, 4) is 11.5 Å². The Morgan fingerprint density at radius 2 is 1.18 bits per heavy atom. The number of nitrogens with zero attached hydrogens (tertiary/aromatic N) is 1. The monoisotopic (exact) mass is 233 g/mol. The highest BCUT2D eigenvalue weighted by atomic mass is 16.9. The van der Waals surface area contributed by atoms with Crippen LogP contribution in [0.2, 0.25) is 0 Å². The fraction of sp³-hybridized carbons (Fsp3) is 0. The summed E-state index contributed by atoms with van der Waals surface area (Å²) in [5.74, 6) is 1.74. The zero-order valence-corrected chi connectivity index (χ0v) is 8.89. The quantitative estimate of drug-likeness (QED) is 0.638. The highest BCUT2D eigenvalue weighted by molar-refractivity contribution is 5.30. The third-order valence-corrected chi connectivity index (χ3v) is 1.72. The van der Waals surface area contributed by atoms with E-state index in [9.17, 15) is 0 Å². The molecule has 2 aromatic rings. The molecule has 1 N–H and O–H groups in total. The standard InChI is InChI=1S/C12H10O.HNO3/c1-3-7-11(8-4-1)13-12-9-5-2-6-10-12;2-1(3)4/h1-10H;(H,2,3,4). The maximum Gasteiger partial charge on any atom is 0.291 e. The highest BCUT2D eigenvalue weighted by Gasteiger charge is 1.92. The third kappa shape index (κ3) is 5.78. The first-order chi connectivity index (χ1) is 8.18. The van der Waals surface area contributed by atoms with Gasteiger partial charge in [-0.3, -0.25) is 0 Å². The van der Waals surface area contributed by atoms with Gasteiger partial charge in [-0.15, -0.1) is 10.1 Å². The molecular weight excluding hydrogens is 222 g/mol. The molecule has 0 saturated carbocycles. The minimum absolute atomic E-state index is 0.869. The number of benzene rings is 2. The number of ether oxygens (including phenoxy) is 1. The van der Waals surface area contributed by atoms with E-state index >= 15 is 0 Å². The van der Waals surface area contributed by atoms with Crippen LogP contribution in [-0.4, -0.2) is 10.3 Å². The van der Waals surface area contributed by atoms with Crippen LogP contribution in [0.1, 0.15) is 0 Å². The van der Waals surface area contributed by atoms with E-state index in [0.29, 0.717) is 0 Å². The SMILES string of the molecule is O=[N+]([O-])O.c1ccc(Oc2ccccc2)cc1. The maximum atomic E-state index is 8.36. The predicted molar refractivity (Wildman–Crippen MR) is 61.7 cm³/mol. The Kier molecular flexibility index (Phi) is 5.03. The van der Waals surface area contributed by atoms with Crippen molar-refractivity contribution >= 4 is 0 Å². The van der Waals surface area contributed by atoms with Crippen LogP contribution in [0.4, 0.5) is 0 Å².